The van der Waals surface area contributed by atoms with Gasteiger partial charge in [0.2, 0.25) is 5.91 Å². The van der Waals surface area contributed by atoms with Gasteiger partial charge in [-0.3, -0.25) is 4.79 Å². The van der Waals surface area contributed by atoms with E-state index in [9.17, 15) is 25.2 Å². The molecule has 4 unspecified atom stereocenters. The third kappa shape index (κ3) is 41.9. The second-order valence-corrected chi connectivity index (χ2v) is 18.2. The van der Waals surface area contributed by atoms with E-state index < -0.39 is 36.9 Å². The largest absolute Gasteiger partial charge is 0.394 e. The predicted octanol–water partition coefficient (Wildman–Crippen LogP) is 14.9. The second kappa shape index (κ2) is 48.6. The van der Waals surface area contributed by atoms with E-state index >= 15 is 0 Å². The zero-order chi connectivity index (χ0) is 43.8. The topological polar surface area (TPSA) is 110 Å². The zero-order valence-corrected chi connectivity index (χ0v) is 40.0. The maximum atomic E-state index is 12.6. The number of unbranched alkanes of at least 4 members (excludes halogenated alkanes) is 33. The minimum Gasteiger partial charge on any atom is -0.394 e. The Hall–Kier alpha value is -1.47. The summed E-state index contributed by atoms with van der Waals surface area (Å²) in [5, 5.41) is 43.9. The van der Waals surface area contributed by atoms with Gasteiger partial charge in [0.15, 0.2) is 0 Å². The van der Waals surface area contributed by atoms with Crippen LogP contribution in [0.2, 0.25) is 0 Å². The fourth-order valence-electron chi connectivity index (χ4n) is 8.12. The Morgan fingerprint density at radius 1 is 0.400 bits per heavy atom. The van der Waals surface area contributed by atoms with Crippen molar-refractivity contribution in [1.29, 1.82) is 0 Å². The van der Waals surface area contributed by atoms with Crippen LogP contribution in [0.15, 0.2) is 36.5 Å². The standard InChI is InChI=1S/C54H103NO5/c1-3-5-7-9-11-13-15-17-19-21-23-25-27-29-31-33-35-37-39-41-43-45-47-51(57)53(59)50(49-56)55-54(60)52(58)48-46-44-42-40-38-36-34-32-30-28-26-24-22-20-18-16-14-12-10-8-6-4-2/h30-33,39,41,50-53,56-59H,3-29,34-38,40,42-49H2,1-2H3,(H,55,60)/b32-30-,33-31+,41-39+. The summed E-state index contributed by atoms with van der Waals surface area (Å²) in [6.45, 7) is 4.06. The van der Waals surface area contributed by atoms with Gasteiger partial charge < -0.3 is 25.7 Å². The Kier molecular flexibility index (Phi) is 47.4. The Labute approximate surface area is 373 Å². The van der Waals surface area contributed by atoms with Crippen molar-refractivity contribution in [3.05, 3.63) is 36.5 Å². The van der Waals surface area contributed by atoms with E-state index in [1.54, 1.807) is 0 Å². The first kappa shape index (κ1) is 58.5. The third-order valence-corrected chi connectivity index (χ3v) is 12.3. The van der Waals surface area contributed by atoms with Crippen LogP contribution in [-0.2, 0) is 4.79 Å². The minimum atomic E-state index is -1.29. The zero-order valence-electron chi connectivity index (χ0n) is 40.0. The molecule has 0 radical (unpaired) electrons. The molecule has 6 nitrogen and oxygen atoms in total. The molecule has 0 heterocycles. The fourth-order valence-corrected chi connectivity index (χ4v) is 8.12. The Morgan fingerprint density at radius 2 is 0.700 bits per heavy atom. The molecule has 0 saturated heterocycles. The normalized spacial score (nSPS) is 14.2. The SMILES string of the molecule is CCCCCCCCCCCCCC/C=C\CCCCCCCCC(O)C(=O)NC(CO)C(O)C(O)CCC/C=C/CC/C=C/CCCCCCCCCCCCCCC. The molecule has 0 aliphatic carbocycles. The van der Waals surface area contributed by atoms with Gasteiger partial charge in [-0.25, -0.2) is 0 Å². The number of allylic oxidation sites excluding steroid dienone is 6. The Bertz CT molecular complexity index is 950. The maximum absolute atomic E-state index is 12.6. The van der Waals surface area contributed by atoms with Gasteiger partial charge in [-0.15, -0.1) is 0 Å². The van der Waals surface area contributed by atoms with Crippen LogP contribution < -0.4 is 5.32 Å². The molecule has 0 aliphatic rings. The smallest absolute Gasteiger partial charge is 0.249 e. The van der Waals surface area contributed by atoms with Crippen molar-refractivity contribution >= 4 is 5.91 Å². The van der Waals surface area contributed by atoms with E-state index in [1.165, 1.54) is 186 Å². The summed E-state index contributed by atoms with van der Waals surface area (Å²) >= 11 is 0. The molecule has 5 N–H and O–H groups in total. The van der Waals surface area contributed by atoms with Crippen LogP contribution in [0.3, 0.4) is 0 Å². The molecule has 1 amide bonds. The molecule has 6 heteroatoms. The lowest BCUT2D eigenvalue weighted by Gasteiger charge is -2.27. The summed E-state index contributed by atoms with van der Waals surface area (Å²) < 4.78 is 0. The molecule has 0 aliphatic heterocycles. The van der Waals surface area contributed by atoms with E-state index in [-0.39, 0.29) is 0 Å². The van der Waals surface area contributed by atoms with Crippen LogP contribution in [0.4, 0.5) is 0 Å². The second-order valence-electron chi connectivity index (χ2n) is 18.2. The van der Waals surface area contributed by atoms with Crippen LogP contribution in [0.25, 0.3) is 0 Å². The van der Waals surface area contributed by atoms with Gasteiger partial charge in [0.05, 0.1) is 18.8 Å². The number of nitrogens with one attached hydrogen (secondary N) is 1. The van der Waals surface area contributed by atoms with Crippen molar-refractivity contribution in [3.63, 3.8) is 0 Å². The van der Waals surface area contributed by atoms with E-state index in [1.807, 2.05) is 0 Å². The van der Waals surface area contributed by atoms with Crippen molar-refractivity contribution in [2.75, 3.05) is 6.61 Å². The summed E-state index contributed by atoms with van der Waals surface area (Å²) in [5.74, 6) is -0.600. The molecule has 354 valence electrons. The summed E-state index contributed by atoms with van der Waals surface area (Å²) in [4.78, 5) is 12.6. The molecule has 0 aromatic rings. The number of rotatable bonds is 48. The number of aliphatic hydroxyl groups is 4. The highest BCUT2D eigenvalue weighted by Gasteiger charge is 2.28. The van der Waals surface area contributed by atoms with E-state index in [4.69, 9.17) is 0 Å². The van der Waals surface area contributed by atoms with Gasteiger partial charge in [-0.1, -0.05) is 230 Å². The molecule has 0 saturated carbocycles. The molecule has 0 spiro atoms. The summed E-state index contributed by atoms with van der Waals surface area (Å²) in [5.41, 5.74) is 0. The highest BCUT2D eigenvalue weighted by Crippen LogP contribution is 2.16. The molecule has 0 fully saturated rings. The van der Waals surface area contributed by atoms with Crippen LogP contribution in [0, 0.1) is 0 Å². The first-order valence-corrected chi connectivity index (χ1v) is 26.4. The summed E-state index contributed by atoms with van der Waals surface area (Å²) in [6.07, 6.45) is 59.1. The quantitative estimate of drug-likeness (QED) is 0.0309. The number of hydrogen-bond acceptors (Lipinski definition) is 5. The van der Waals surface area contributed by atoms with Gasteiger partial charge in [-0.05, 0) is 77.0 Å². The average Bonchev–Trinajstić information content (AvgIpc) is 3.25. The average molecular weight is 846 g/mol. The maximum Gasteiger partial charge on any atom is 0.249 e. The molecule has 4 atom stereocenters. The molecule has 0 bridgehead atoms. The van der Waals surface area contributed by atoms with Crippen LogP contribution >= 0.6 is 0 Å². The summed E-state index contributed by atoms with van der Waals surface area (Å²) in [7, 11) is 0. The molecule has 60 heavy (non-hydrogen) atoms. The van der Waals surface area contributed by atoms with Crippen molar-refractivity contribution in [2.24, 2.45) is 0 Å². The first-order chi connectivity index (χ1) is 29.5. The lowest BCUT2D eigenvalue weighted by atomic mass is 10.00. The number of amides is 1. The number of carbonyl (C=O) groups excluding carboxylic acids is 1. The highest BCUT2D eigenvalue weighted by atomic mass is 16.3. The van der Waals surface area contributed by atoms with Gasteiger partial charge in [0.25, 0.3) is 0 Å². The van der Waals surface area contributed by atoms with Crippen LogP contribution in [0.5, 0.6) is 0 Å². The van der Waals surface area contributed by atoms with Gasteiger partial charge in [0.1, 0.15) is 12.2 Å². The van der Waals surface area contributed by atoms with Crippen molar-refractivity contribution in [3.8, 4) is 0 Å². The first-order valence-electron chi connectivity index (χ1n) is 26.4. The molecular weight excluding hydrogens is 743 g/mol. The Balaban J connectivity index is 3.73. The van der Waals surface area contributed by atoms with Crippen molar-refractivity contribution in [1.82, 2.24) is 5.32 Å². The van der Waals surface area contributed by atoms with Crippen LogP contribution in [0.1, 0.15) is 271 Å². The lowest BCUT2D eigenvalue weighted by Crippen LogP contribution is -2.53. The molecule has 0 rings (SSSR count). The van der Waals surface area contributed by atoms with Crippen molar-refractivity contribution < 1.29 is 25.2 Å². The molecular formula is C54H103NO5. The van der Waals surface area contributed by atoms with Gasteiger partial charge >= 0.3 is 0 Å². The number of hydrogen-bond donors (Lipinski definition) is 5. The molecule has 0 aromatic heterocycles. The van der Waals surface area contributed by atoms with Gasteiger partial charge in [-0.2, -0.15) is 0 Å². The van der Waals surface area contributed by atoms with Crippen LogP contribution in [-0.4, -0.2) is 57.3 Å². The fraction of sp³-hybridized carbons (Fsp3) is 0.870. The van der Waals surface area contributed by atoms with E-state index in [0.717, 1.165) is 51.4 Å². The minimum absolute atomic E-state index is 0.353. The van der Waals surface area contributed by atoms with E-state index in [2.05, 4.69) is 55.6 Å². The van der Waals surface area contributed by atoms with Crippen molar-refractivity contribution in [2.45, 2.75) is 295 Å². The monoisotopic (exact) mass is 846 g/mol. The highest BCUT2D eigenvalue weighted by molar-refractivity contribution is 5.80. The summed E-state index contributed by atoms with van der Waals surface area (Å²) in [6, 6.07) is -1.01. The van der Waals surface area contributed by atoms with Gasteiger partial charge in [0, 0.05) is 0 Å². The third-order valence-electron chi connectivity index (χ3n) is 12.3. The number of carbonyl (C=O) groups is 1. The number of aliphatic hydroxyl groups excluding tert-OH is 4. The van der Waals surface area contributed by atoms with E-state index in [0.29, 0.717) is 19.3 Å². The Morgan fingerprint density at radius 3 is 1.05 bits per heavy atom. The lowest BCUT2D eigenvalue weighted by molar-refractivity contribution is -0.132. The predicted molar refractivity (Wildman–Crippen MR) is 260 cm³/mol. The molecule has 0 aromatic carbocycles.